The first-order chi connectivity index (χ1) is 7.88. The van der Waals surface area contributed by atoms with Gasteiger partial charge in [0.2, 0.25) is 0 Å². The Bertz CT molecular complexity index is 664. The van der Waals surface area contributed by atoms with E-state index in [1.54, 1.807) is 0 Å². The molecule has 16 heavy (non-hydrogen) atoms. The average molecular weight is 210 g/mol. The largest absolute Gasteiger partial charge is 0.291 e. The van der Waals surface area contributed by atoms with E-state index in [0.29, 0.717) is 5.69 Å². The van der Waals surface area contributed by atoms with Crippen LogP contribution in [0.2, 0.25) is 0 Å². The molecule has 78 valence electrons. The molecule has 0 aliphatic heterocycles. The Morgan fingerprint density at radius 3 is 2.62 bits per heavy atom. The van der Waals surface area contributed by atoms with Crippen LogP contribution in [-0.4, -0.2) is 10.2 Å². The molecule has 1 heterocycles. The fourth-order valence-corrected chi connectivity index (χ4v) is 1.90. The Morgan fingerprint density at radius 2 is 1.75 bits per heavy atom. The predicted molar refractivity (Wildman–Crippen MR) is 64.7 cm³/mol. The van der Waals surface area contributed by atoms with Crippen LogP contribution < -0.4 is 5.48 Å². The number of anilines is 1. The van der Waals surface area contributed by atoms with Crippen molar-refractivity contribution in [3.63, 3.8) is 0 Å². The zero-order valence-corrected chi connectivity index (χ0v) is 8.51. The number of aromatic nitrogens is 1. The first-order valence-electron chi connectivity index (χ1n) is 5.07. The summed E-state index contributed by atoms with van der Waals surface area (Å²) in [5.74, 6) is 0. The summed E-state index contributed by atoms with van der Waals surface area (Å²) in [7, 11) is 0. The minimum atomic E-state index is 0.677. The van der Waals surface area contributed by atoms with Gasteiger partial charge in [-0.25, -0.2) is 4.98 Å². The number of para-hydroxylation sites is 1. The molecule has 1 aromatic heterocycles. The zero-order chi connectivity index (χ0) is 11.0. The van der Waals surface area contributed by atoms with Crippen LogP contribution in [-0.2, 0) is 0 Å². The molecule has 0 aliphatic rings. The molecule has 2 N–H and O–H groups in total. The monoisotopic (exact) mass is 210 g/mol. The van der Waals surface area contributed by atoms with Gasteiger partial charge in [-0.05, 0) is 24.3 Å². The van der Waals surface area contributed by atoms with Gasteiger partial charge >= 0.3 is 0 Å². The van der Waals surface area contributed by atoms with E-state index < -0.39 is 0 Å². The van der Waals surface area contributed by atoms with Crippen LogP contribution in [0.5, 0.6) is 0 Å². The van der Waals surface area contributed by atoms with Gasteiger partial charge in [0.25, 0.3) is 0 Å². The molecule has 0 aliphatic carbocycles. The quantitative estimate of drug-likeness (QED) is 0.479. The molecule has 3 rings (SSSR count). The Balaban J connectivity index is 2.46. The lowest BCUT2D eigenvalue weighted by atomic mass is 10.1. The lowest BCUT2D eigenvalue weighted by Crippen LogP contribution is -1.91. The van der Waals surface area contributed by atoms with Crippen molar-refractivity contribution in [1.82, 2.24) is 4.98 Å². The van der Waals surface area contributed by atoms with Gasteiger partial charge in [-0.2, -0.15) is 0 Å². The summed E-state index contributed by atoms with van der Waals surface area (Å²) in [6.45, 7) is 0. The first-order valence-corrected chi connectivity index (χ1v) is 5.07. The minimum absolute atomic E-state index is 0.677. The summed E-state index contributed by atoms with van der Waals surface area (Å²) < 4.78 is 0. The standard InChI is InChI=1S/C13H10N2O/c16-15-13-7-3-6-12-10(13)8-9-4-1-2-5-11(9)14-12/h1-8,15-16H. The van der Waals surface area contributed by atoms with Gasteiger partial charge in [0, 0.05) is 10.8 Å². The maximum atomic E-state index is 9.03. The summed E-state index contributed by atoms with van der Waals surface area (Å²) in [4.78, 5) is 4.54. The van der Waals surface area contributed by atoms with E-state index in [-0.39, 0.29) is 0 Å². The Hall–Kier alpha value is -2.13. The smallest absolute Gasteiger partial charge is 0.0731 e. The summed E-state index contributed by atoms with van der Waals surface area (Å²) >= 11 is 0. The SMILES string of the molecule is ONc1cccc2nc3ccccc3cc12. The van der Waals surface area contributed by atoms with Crippen molar-refractivity contribution < 1.29 is 5.21 Å². The molecule has 0 saturated heterocycles. The molecule has 0 amide bonds. The van der Waals surface area contributed by atoms with E-state index in [2.05, 4.69) is 10.5 Å². The fraction of sp³-hybridized carbons (Fsp3) is 0. The highest BCUT2D eigenvalue weighted by Gasteiger charge is 2.02. The molecule has 0 atom stereocenters. The number of fused-ring (bicyclic) bond motifs is 2. The van der Waals surface area contributed by atoms with E-state index in [4.69, 9.17) is 5.21 Å². The van der Waals surface area contributed by atoms with E-state index in [1.165, 1.54) is 0 Å². The molecule has 0 unspecified atom stereocenters. The van der Waals surface area contributed by atoms with Crippen molar-refractivity contribution in [2.75, 3.05) is 5.48 Å². The maximum Gasteiger partial charge on any atom is 0.0731 e. The molecule has 0 fully saturated rings. The number of rotatable bonds is 1. The summed E-state index contributed by atoms with van der Waals surface area (Å²) in [6.07, 6.45) is 0. The molecular formula is C13H10N2O. The second-order valence-electron chi connectivity index (χ2n) is 3.67. The van der Waals surface area contributed by atoms with E-state index in [0.717, 1.165) is 21.8 Å². The molecule has 2 aromatic carbocycles. The first kappa shape index (κ1) is 9.12. The third-order valence-corrected chi connectivity index (χ3v) is 2.68. The van der Waals surface area contributed by atoms with Crippen LogP contribution in [0.25, 0.3) is 21.8 Å². The predicted octanol–water partition coefficient (Wildman–Crippen LogP) is 3.19. The van der Waals surface area contributed by atoms with Crippen molar-refractivity contribution in [3.05, 3.63) is 48.5 Å². The Kier molecular flexibility index (Phi) is 1.98. The van der Waals surface area contributed by atoms with Crippen molar-refractivity contribution in [2.24, 2.45) is 0 Å². The second-order valence-corrected chi connectivity index (χ2v) is 3.67. The van der Waals surface area contributed by atoms with Crippen molar-refractivity contribution in [3.8, 4) is 0 Å². The number of benzene rings is 2. The summed E-state index contributed by atoms with van der Waals surface area (Å²) in [6, 6.07) is 15.6. The average Bonchev–Trinajstić information content (AvgIpc) is 2.35. The van der Waals surface area contributed by atoms with Crippen molar-refractivity contribution in [2.45, 2.75) is 0 Å². The van der Waals surface area contributed by atoms with Crippen LogP contribution in [0, 0.1) is 0 Å². The summed E-state index contributed by atoms with van der Waals surface area (Å²) in [5.41, 5.74) is 4.71. The van der Waals surface area contributed by atoms with Gasteiger partial charge in [-0.15, -0.1) is 0 Å². The number of pyridine rings is 1. The number of hydrogen-bond donors (Lipinski definition) is 2. The van der Waals surface area contributed by atoms with Crippen LogP contribution >= 0.6 is 0 Å². The minimum Gasteiger partial charge on any atom is -0.291 e. The van der Waals surface area contributed by atoms with E-state index in [1.807, 2.05) is 48.5 Å². The molecule has 3 heteroatoms. The van der Waals surface area contributed by atoms with Gasteiger partial charge in [0.05, 0.1) is 16.7 Å². The van der Waals surface area contributed by atoms with Crippen LogP contribution in [0.1, 0.15) is 0 Å². The third kappa shape index (κ3) is 1.30. The molecule has 0 saturated carbocycles. The lowest BCUT2D eigenvalue weighted by Gasteiger charge is -2.05. The second kappa shape index (κ2) is 3.47. The highest BCUT2D eigenvalue weighted by Crippen LogP contribution is 2.25. The summed E-state index contributed by atoms with van der Waals surface area (Å²) in [5, 5.41) is 11.0. The zero-order valence-electron chi connectivity index (χ0n) is 8.51. The Labute approximate surface area is 92.3 Å². The van der Waals surface area contributed by atoms with E-state index in [9.17, 15) is 0 Å². The molecule has 0 spiro atoms. The lowest BCUT2D eigenvalue weighted by molar-refractivity contribution is 0.390. The van der Waals surface area contributed by atoms with Gasteiger partial charge in [0.1, 0.15) is 0 Å². The third-order valence-electron chi connectivity index (χ3n) is 2.68. The van der Waals surface area contributed by atoms with Gasteiger partial charge in [0.15, 0.2) is 0 Å². The topological polar surface area (TPSA) is 45.1 Å². The molecule has 0 bridgehead atoms. The van der Waals surface area contributed by atoms with E-state index >= 15 is 0 Å². The molecule has 0 radical (unpaired) electrons. The number of nitrogens with one attached hydrogen (secondary N) is 1. The molecule has 3 aromatic rings. The fourth-order valence-electron chi connectivity index (χ4n) is 1.90. The Morgan fingerprint density at radius 1 is 0.938 bits per heavy atom. The molecular weight excluding hydrogens is 200 g/mol. The van der Waals surface area contributed by atoms with Gasteiger partial charge in [-0.3, -0.25) is 10.7 Å². The van der Waals surface area contributed by atoms with Crippen LogP contribution in [0.4, 0.5) is 5.69 Å². The van der Waals surface area contributed by atoms with Crippen LogP contribution in [0.3, 0.4) is 0 Å². The number of nitrogens with zero attached hydrogens (tertiary/aromatic N) is 1. The van der Waals surface area contributed by atoms with Crippen molar-refractivity contribution >= 4 is 27.5 Å². The van der Waals surface area contributed by atoms with Gasteiger partial charge in [-0.1, -0.05) is 24.3 Å². The van der Waals surface area contributed by atoms with Crippen LogP contribution in [0.15, 0.2) is 48.5 Å². The maximum absolute atomic E-state index is 9.03. The normalized spacial score (nSPS) is 10.8. The molecule has 3 nitrogen and oxygen atoms in total. The number of hydrogen-bond acceptors (Lipinski definition) is 3. The highest BCUT2D eigenvalue weighted by atomic mass is 16.5. The highest BCUT2D eigenvalue weighted by molar-refractivity contribution is 5.98. The van der Waals surface area contributed by atoms with Crippen molar-refractivity contribution in [1.29, 1.82) is 0 Å². The van der Waals surface area contributed by atoms with Gasteiger partial charge < -0.3 is 0 Å².